The van der Waals surface area contributed by atoms with Gasteiger partial charge in [0.15, 0.2) is 0 Å². The van der Waals surface area contributed by atoms with Crippen LogP contribution in [0.4, 0.5) is 0 Å². The Morgan fingerprint density at radius 2 is 1.50 bits per heavy atom. The maximum atomic E-state index is 5.83. The van der Waals surface area contributed by atoms with E-state index in [1.54, 1.807) is 0 Å². The number of ether oxygens (including phenoxy) is 3. The van der Waals surface area contributed by atoms with E-state index in [4.69, 9.17) is 14.2 Å². The van der Waals surface area contributed by atoms with Gasteiger partial charge in [0.25, 0.3) is 0 Å². The summed E-state index contributed by atoms with van der Waals surface area (Å²) < 4.78 is 16.9. The molecule has 20 heavy (non-hydrogen) atoms. The highest BCUT2D eigenvalue weighted by atomic mass is 16.5. The van der Waals surface area contributed by atoms with Crippen molar-refractivity contribution in [1.82, 2.24) is 0 Å². The molecule has 0 unspecified atom stereocenters. The van der Waals surface area contributed by atoms with E-state index in [1.165, 1.54) is 5.56 Å². The first-order valence-electron chi connectivity index (χ1n) is 7.81. The molecule has 1 aliphatic rings. The van der Waals surface area contributed by atoms with E-state index < -0.39 is 0 Å². The minimum atomic E-state index is 0.498. The summed E-state index contributed by atoms with van der Waals surface area (Å²) in [6, 6.07) is 6.28. The summed E-state index contributed by atoms with van der Waals surface area (Å²) in [4.78, 5) is 0. The Morgan fingerprint density at radius 3 is 1.90 bits per heavy atom. The monoisotopic (exact) mass is 278 g/mol. The third-order valence-corrected chi connectivity index (χ3v) is 3.55. The molecule has 0 amide bonds. The van der Waals surface area contributed by atoms with Gasteiger partial charge in [-0.05, 0) is 30.5 Å². The molecule has 1 aromatic rings. The van der Waals surface area contributed by atoms with Crippen molar-refractivity contribution in [2.45, 2.75) is 45.4 Å². The van der Waals surface area contributed by atoms with Gasteiger partial charge in [-0.15, -0.1) is 0 Å². The average Bonchev–Trinajstić information content (AvgIpc) is 2.37. The third-order valence-electron chi connectivity index (χ3n) is 3.55. The predicted octanol–water partition coefficient (Wildman–Crippen LogP) is 4.16. The van der Waals surface area contributed by atoms with Crippen molar-refractivity contribution in [1.29, 1.82) is 0 Å². The topological polar surface area (TPSA) is 27.7 Å². The first-order valence-corrected chi connectivity index (χ1v) is 7.81. The molecule has 112 valence electrons. The fraction of sp³-hybridized carbons (Fsp3) is 0.647. The van der Waals surface area contributed by atoms with Crippen molar-refractivity contribution in [2.24, 2.45) is 0 Å². The highest BCUT2D eigenvalue weighted by molar-refractivity contribution is 5.40. The third kappa shape index (κ3) is 4.41. The second kappa shape index (κ2) is 8.15. The molecule has 1 saturated heterocycles. The van der Waals surface area contributed by atoms with Crippen LogP contribution < -0.4 is 9.47 Å². The van der Waals surface area contributed by atoms with Crippen LogP contribution in [0.5, 0.6) is 11.5 Å². The number of rotatable bonds is 9. The van der Waals surface area contributed by atoms with Crippen LogP contribution in [0.25, 0.3) is 0 Å². The van der Waals surface area contributed by atoms with E-state index in [9.17, 15) is 0 Å². The van der Waals surface area contributed by atoms with Crippen LogP contribution in [0.1, 0.15) is 51.0 Å². The smallest absolute Gasteiger partial charge is 0.123 e. The molecule has 0 atom stereocenters. The van der Waals surface area contributed by atoms with Gasteiger partial charge in [-0.3, -0.25) is 0 Å². The zero-order chi connectivity index (χ0) is 14.2. The van der Waals surface area contributed by atoms with Crippen molar-refractivity contribution in [3.05, 3.63) is 23.8 Å². The fourth-order valence-corrected chi connectivity index (χ4v) is 2.09. The van der Waals surface area contributed by atoms with Crippen LogP contribution in [0.15, 0.2) is 18.2 Å². The van der Waals surface area contributed by atoms with Gasteiger partial charge < -0.3 is 14.2 Å². The summed E-state index contributed by atoms with van der Waals surface area (Å²) in [5, 5.41) is 0. The molecule has 1 aliphatic heterocycles. The zero-order valence-electron chi connectivity index (χ0n) is 12.7. The SMILES string of the molecule is CCCCOc1cc(OCCCC)cc(C2COC2)c1. The van der Waals surface area contributed by atoms with Gasteiger partial charge in [0.1, 0.15) is 11.5 Å². The second-order valence-corrected chi connectivity index (χ2v) is 5.38. The number of hydrogen-bond acceptors (Lipinski definition) is 3. The quantitative estimate of drug-likeness (QED) is 0.635. The Kier molecular flexibility index (Phi) is 6.19. The van der Waals surface area contributed by atoms with Gasteiger partial charge in [-0.2, -0.15) is 0 Å². The van der Waals surface area contributed by atoms with E-state index in [0.717, 1.165) is 63.6 Å². The van der Waals surface area contributed by atoms with E-state index in [2.05, 4.69) is 26.0 Å². The van der Waals surface area contributed by atoms with Gasteiger partial charge in [0.2, 0.25) is 0 Å². The highest BCUT2D eigenvalue weighted by Gasteiger charge is 2.21. The lowest BCUT2D eigenvalue weighted by Gasteiger charge is -2.27. The molecular formula is C17H26O3. The maximum absolute atomic E-state index is 5.83. The number of benzene rings is 1. The lowest BCUT2D eigenvalue weighted by Crippen LogP contribution is -2.25. The van der Waals surface area contributed by atoms with Crippen molar-refractivity contribution < 1.29 is 14.2 Å². The molecule has 3 heteroatoms. The van der Waals surface area contributed by atoms with Gasteiger partial charge in [-0.25, -0.2) is 0 Å². The Hall–Kier alpha value is -1.22. The summed E-state index contributed by atoms with van der Waals surface area (Å²) in [5.74, 6) is 2.35. The first-order chi connectivity index (χ1) is 9.83. The van der Waals surface area contributed by atoms with Crippen molar-refractivity contribution in [3.63, 3.8) is 0 Å². The average molecular weight is 278 g/mol. The molecule has 2 rings (SSSR count). The highest BCUT2D eigenvalue weighted by Crippen LogP contribution is 2.31. The van der Waals surface area contributed by atoms with Gasteiger partial charge >= 0.3 is 0 Å². The number of hydrogen-bond donors (Lipinski definition) is 0. The molecule has 1 heterocycles. The summed E-state index contributed by atoms with van der Waals surface area (Å²) in [5.41, 5.74) is 1.27. The maximum Gasteiger partial charge on any atom is 0.123 e. The minimum absolute atomic E-state index is 0.498. The molecule has 0 aromatic heterocycles. The van der Waals surface area contributed by atoms with Crippen molar-refractivity contribution >= 4 is 0 Å². The van der Waals surface area contributed by atoms with Crippen LogP contribution in [0.2, 0.25) is 0 Å². The molecule has 0 N–H and O–H groups in total. The summed E-state index contributed by atoms with van der Waals surface area (Å²) in [6.07, 6.45) is 4.47. The Morgan fingerprint density at radius 1 is 0.950 bits per heavy atom. The molecule has 0 spiro atoms. The molecule has 1 fully saturated rings. The molecule has 0 radical (unpaired) electrons. The predicted molar refractivity (Wildman–Crippen MR) is 80.8 cm³/mol. The van der Waals surface area contributed by atoms with Crippen LogP contribution >= 0.6 is 0 Å². The molecule has 0 aliphatic carbocycles. The van der Waals surface area contributed by atoms with E-state index >= 15 is 0 Å². The number of unbranched alkanes of at least 4 members (excludes halogenated alkanes) is 2. The molecule has 1 aromatic carbocycles. The Labute approximate surface area is 122 Å². The summed E-state index contributed by atoms with van der Waals surface area (Å²) in [6.45, 7) is 7.51. The van der Waals surface area contributed by atoms with Crippen LogP contribution in [0, 0.1) is 0 Å². The first kappa shape index (κ1) is 15.2. The largest absolute Gasteiger partial charge is 0.493 e. The van der Waals surface area contributed by atoms with Crippen LogP contribution in [-0.4, -0.2) is 26.4 Å². The standard InChI is InChI=1S/C17H26O3/c1-3-5-7-19-16-9-14(15-12-18-13-15)10-17(11-16)20-8-6-4-2/h9-11,15H,3-8,12-13H2,1-2H3. The zero-order valence-corrected chi connectivity index (χ0v) is 12.7. The minimum Gasteiger partial charge on any atom is -0.493 e. The van der Waals surface area contributed by atoms with E-state index in [-0.39, 0.29) is 0 Å². The fourth-order valence-electron chi connectivity index (χ4n) is 2.09. The molecule has 0 saturated carbocycles. The molecular weight excluding hydrogens is 252 g/mol. The van der Waals surface area contributed by atoms with Gasteiger partial charge in [0.05, 0.1) is 26.4 Å². The van der Waals surface area contributed by atoms with Gasteiger partial charge in [0, 0.05) is 12.0 Å². The lowest BCUT2D eigenvalue weighted by atomic mass is 9.97. The van der Waals surface area contributed by atoms with E-state index in [0.29, 0.717) is 5.92 Å². The lowest BCUT2D eigenvalue weighted by molar-refractivity contribution is 0.00826. The summed E-state index contributed by atoms with van der Waals surface area (Å²) in [7, 11) is 0. The molecule has 0 bridgehead atoms. The normalized spacial score (nSPS) is 14.9. The van der Waals surface area contributed by atoms with Crippen LogP contribution in [-0.2, 0) is 4.74 Å². The Bertz CT molecular complexity index is 371. The van der Waals surface area contributed by atoms with Gasteiger partial charge in [-0.1, -0.05) is 26.7 Å². The van der Waals surface area contributed by atoms with Crippen molar-refractivity contribution in [2.75, 3.05) is 26.4 Å². The second-order valence-electron chi connectivity index (χ2n) is 5.38. The summed E-state index contributed by atoms with van der Waals surface area (Å²) >= 11 is 0. The van der Waals surface area contributed by atoms with Crippen LogP contribution in [0.3, 0.4) is 0 Å². The Balaban J connectivity index is 2.02. The van der Waals surface area contributed by atoms with E-state index in [1.807, 2.05) is 6.07 Å². The molecule has 3 nitrogen and oxygen atoms in total. The van der Waals surface area contributed by atoms with Crippen molar-refractivity contribution in [3.8, 4) is 11.5 Å².